The first-order chi connectivity index (χ1) is 19.8. The molecule has 0 spiro atoms. The van der Waals surface area contributed by atoms with Crippen LogP contribution in [0.1, 0.15) is 164 Å². The van der Waals surface area contributed by atoms with Crippen LogP contribution in [0.2, 0.25) is 0 Å². The summed E-state index contributed by atoms with van der Waals surface area (Å²) in [5.74, 6) is 0. The Kier molecular flexibility index (Phi) is 27.8. The molecule has 0 N–H and O–H groups in total. The second kappa shape index (κ2) is 24.4. The molecule has 0 amide bonds. The molecule has 3 fully saturated rings. The van der Waals surface area contributed by atoms with Crippen molar-refractivity contribution in [2.45, 2.75) is 186 Å². The van der Waals surface area contributed by atoms with Gasteiger partial charge in [0.05, 0.1) is 18.6 Å². The van der Waals surface area contributed by atoms with E-state index in [9.17, 15) is 5.21 Å². The quantitative estimate of drug-likeness (QED) is 0.216. The van der Waals surface area contributed by atoms with Crippen LogP contribution in [-0.4, -0.2) is 74.9 Å². The number of hydroxylamine groups is 3. The van der Waals surface area contributed by atoms with Gasteiger partial charge in [0.15, 0.2) is 0 Å². The van der Waals surface area contributed by atoms with Crippen LogP contribution >= 0.6 is 0 Å². The van der Waals surface area contributed by atoms with Crippen molar-refractivity contribution in [1.82, 2.24) is 14.4 Å². The van der Waals surface area contributed by atoms with Crippen LogP contribution in [-0.2, 0) is 5.54 Å². The fraction of sp³-hybridized carbons (Fsp3) is 0.895. The lowest BCUT2D eigenvalue weighted by Crippen LogP contribution is -2.63. The first-order valence-electron chi connectivity index (χ1n) is 18.0. The van der Waals surface area contributed by atoms with E-state index in [1.807, 2.05) is 88.3 Å². The molecule has 4 heterocycles. The molecule has 3 aliphatic rings. The van der Waals surface area contributed by atoms with Crippen LogP contribution in [0.15, 0.2) is 24.5 Å². The highest BCUT2D eigenvalue weighted by Gasteiger charge is 2.37. The van der Waals surface area contributed by atoms with Gasteiger partial charge in [-0.2, -0.15) is 0 Å². The number of hydrogen-bond donors (Lipinski definition) is 0. The lowest BCUT2D eigenvalue weighted by atomic mass is 10.00. The van der Waals surface area contributed by atoms with Gasteiger partial charge in [-0.05, 0) is 141 Å². The molecule has 43 heavy (non-hydrogen) atoms. The number of aromatic nitrogens is 1. The maximum atomic E-state index is 11.5. The molecular weight excluding hydrogens is 528 g/mol. The summed E-state index contributed by atoms with van der Waals surface area (Å²) in [6.07, 6.45) is 9.48. The molecule has 3 saturated heterocycles. The Morgan fingerprint density at radius 3 is 0.860 bits per heavy atom. The van der Waals surface area contributed by atoms with Crippen LogP contribution in [0, 0.1) is 5.21 Å². The minimum atomic E-state index is -0.0851. The molecule has 3 aliphatic heterocycles. The number of nitrogens with zero attached hydrogens (tertiary/aromatic N) is 4. The van der Waals surface area contributed by atoms with Gasteiger partial charge in [0.2, 0.25) is 0 Å². The van der Waals surface area contributed by atoms with E-state index in [0.717, 1.165) is 19.5 Å². The summed E-state index contributed by atoms with van der Waals surface area (Å²) in [4.78, 5) is 5.04. The van der Waals surface area contributed by atoms with Gasteiger partial charge in [-0.25, -0.2) is 0 Å². The van der Waals surface area contributed by atoms with Gasteiger partial charge < -0.3 is 14.4 Å². The average molecular weight is 613 g/mol. The molecule has 0 bridgehead atoms. The molecule has 0 atom stereocenters. The third kappa shape index (κ3) is 21.5. The SMILES string of the molecule is CC.CC.CC.CC.CC(C)(C)N1CCC1.CC(C)(C)N1CCCC1.CC(C)(C)[N+]1([O-])CCC1.CC(C)(C)n1cccc1. The zero-order chi connectivity index (χ0) is 35.1. The molecule has 5 heteroatoms. The Labute approximate surface area is 274 Å². The lowest BCUT2D eigenvalue weighted by molar-refractivity contribution is -0.961. The van der Waals surface area contributed by atoms with Crippen LogP contribution in [0.3, 0.4) is 0 Å². The summed E-state index contributed by atoms with van der Waals surface area (Å²) in [7, 11) is 0. The molecule has 0 radical (unpaired) electrons. The lowest BCUT2D eigenvalue weighted by Gasteiger charge is -2.58. The van der Waals surface area contributed by atoms with Gasteiger partial charge in [-0.1, -0.05) is 55.4 Å². The van der Waals surface area contributed by atoms with Crippen molar-refractivity contribution in [1.29, 1.82) is 0 Å². The third-order valence-electron chi connectivity index (χ3n) is 7.50. The molecule has 0 saturated carbocycles. The van der Waals surface area contributed by atoms with Gasteiger partial charge in [0, 0.05) is 35.4 Å². The maximum absolute atomic E-state index is 11.5. The standard InChI is InChI=1S/C8H17N.C8H13N.C7H15NO.C7H15N.4C2H6/c2*1-8(2,3)9-6-4-5-7-9;1-7(2,3)8(9)5-4-6-8;1-7(2,3)8-5-4-6-8;4*1-2/h4-7H2,1-3H3;4-7H,1-3H3;4-6H2,1-3H3;4-6H2,1-3H3;4*1-2H3. The highest BCUT2D eigenvalue weighted by Crippen LogP contribution is 2.30. The zero-order valence-electron chi connectivity index (χ0n) is 33.6. The molecule has 0 aliphatic carbocycles. The van der Waals surface area contributed by atoms with Crippen molar-refractivity contribution in [3.8, 4) is 0 Å². The minimum Gasteiger partial charge on any atom is -0.632 e. The predicted octanol–water partition coefficient (Wildman–Crippen LogP) is 11.2. The first-order valence-corrected chi connectivity index (χ1v) is 18.0. The second-order valence-electron chi connectivity index (χ2n) is 14.5. The fourth-order valence-corrected chi connectivity index (χ4v) is 4.27. The Morgan fingerprint density at radius 1 is 0.465 bits per heavy atom. The van der Waals surface area contributed by atoms with E-state index >= 15 is 0 Å². The smallest absolute Gasteiger partial charge is 0.0904 e. The van der Waals surface area contributed by atoms with E-state index in [4.69, 9.17) is 0 Å². The largest absolute Gasteiger partial charge is 0.632 e. The van der Waals surface area contributed by atoms with Crippen LogP contribution in [0.25, 0.3) is 0 Å². The Morgan fingerprint density at radius 2 is 0.767 bits per heavy atom. The molecule has 1 aromatic heterocycles. The number of likely N-dealkylation sites (tertiary alicyclic amines) is 3. The minimum absolute atomic E-state index is 0.0208. The second-order valence-corrected chi connectivity index (χ2v) is 14.5. The highest BCUT2D eigenvalue weighted by molar-refractivity contribution is 4.94. The summed E-state index contributed by atoms with van der Waals surface area (Å²) in [6.45, 7) is 49.2. The topological polar surface area (TPSA) is 34.5 Å². The van der Waals surface area contributed by atoms with Gasteiger partial charge in [0.25, 0.3) is 0 Å². The van der Waals surface area contributed by atoms with E-state index in [0.29, 0.717) is 11.1 Å². The van der Waals surface area contributed by atoms with Crippen LogP contribution < -0.4 is 0 Å². The molecule has 262 valence electrons. The number of rotatable bonds is 0. The van der Waals surface area contributed by atoms with Crippen molar-refractivity contribution in [3.05, 3.63) is 29.7 Å². The Hall–Kier alpha value is -0.880. The van der Waals surface area contributed by atoms with Crippen molar-refractivity contribution in [2.75, 3.05) is 39.3 Å². The monoisotopic (exact) mass is 613 g/mol. The van der Waals surface area contributed by atoms with Crippen molar-refractivity contribution in [3.63, 3.8) is 0 Å². The van der Waals surface area contributed by atoms with E-state index < -0.39 is 0 Å². The molecular formula is C38H84N4O. The normalized spacial score (nSPS) is 17.4. The fourth-order valence-electron chi connectivity index (χ4n) is 4.27. The van der Waals surface area contributed by atoms with Crippen molar-refractivity contribution in [2.24, 2.45) is 0 Å². The summed E-state index contributed by atoms with van der Waals surface area (Å²) in [6, 6.07) is 4.09. The predicted molar refractivity (Wildman–Crippen MR) is 199 cm³/mol. The van der Waals surface area contributed by atoms with Crippen LogP contribution in [0.4, 0.5) is 0 Å². The van der Waals surface area contributed by atoms with Gasteiger partial charge in [-0.15, -0.1) is 0 Å². The average Bonchev–Trinajstić information content (AvgIpc) is 3.61. The molecule has 5 nitrogen and oxygen atoms in total. The molecule has 4 rings (SSSR count). The van der Waals surface area contributed by atoms with E-state index in [2.05, 4.69) is 89.1 Å². The van der Waals surface area contributed by atoms with Gasteiger partial charge in [-0.3, -0.25) is 9.80 Å². The van der Waals surface area contributed by atoms with Gasteiger partial charge >= 0.3 is 0 Å². The van der Waals surface area contributed by atoms with Crippen molar-refractivity contribution < 1.29 is 4.65 Å². The summed E-state index contributed by atoms with van der Waals surface area (Å²) in [5, 5.41) is 11.5. The molecule has 1 aromatic rings. The van der Waals surface area contributed by atoms with E-state index in [-0.39, 0.29) is 15.7 Å². The third-order valence-corrected chi connectivity index (χ3v) is 7.50. The Balaban J connectivity index is -0.000000218. The summed E-state index contributed by atoms with van der Waals surface area (Å²) >= 11 is 0. The van der Waals surface area contributed by atoms with E-state index in [1.54, 1.807) is 0 Å². The van der Waals surface area contributed by atoms with Crippen molar-refractivity contribution >= 4 is 0 Å². The van der Waals surface area contributed by atoms with Crippen LogP contribution in [0.5, 0.6) is 0 Å². The number of hydrogen-bond acceptors (Lipinski definition) is 3. The van der Waals surface area contributed by atoms with Gasteiger partial charge in [0.1, 0.15) is 0 Å². The zero-order valence-corrected chi connectivity index (χ0v) is 33.6. The van der Waals surface area contributed by atoms with E-state index in [1.165, 1.54) is 45.4 Å². The first kappa shape index (κ1) is 49.0. The summed E-state index contributed by atoms with van der Waals surface area (Å²) in [5.41, 5.74) is 0.997. The molecule has 0 aromatic carbocycles. The maximum Gasteiger partial charge on any atom is 0.0904 e. The Bertz CT molecular complexity index is 686. The summed E-state index contributed by atoms with van der Waals surface area (Å²) < 4.78 is 2.21. The molecule has 0 unspecified atom stereocenters. The number of quaternary nitrogens is 1. The highest BCUT2D eigenvalue weighted by atomic mass is 16.6.